The van der Waals surface area contributed by atoms with Crippen molar-refractivity contribution >= 4 is 17.9 Å². The van der Waals surface area contributed by atoms with Gasteiger partial charge in [0.05, 0.1) is 43.0 Å². The Hall–Kier alpha value is -6.97. The molecule has 2 aromatic heterocycles. The minimum Gasteiger partial charge on any atom is -0.453 e. The van der Waals surface area contributed by atoms with E-state index in [1.165, 1.54) is 7.11 Å². The van der Waals surface area contributed by atoms with Crippen LogP contribution in [-0.2, 0) is 14.3 Å². The SMILES string of the molecule is COC(=O)N[C@@H](C(=O)N1CCCC1c1ncc(-c2ccc(C#Cc3ccc(-c4cnc(C5CCCN5C(=O)[C@@H](c5ccccc5)N(C)C)[nH]4)cc3)cc2)[nH]1)c1ccccc1. The minimum atomic E-state index is -0.875. The van der Waals surface area contributed by atoms with E-state index in [1.54, 1.807) is 11.1 Å². The highest BCUT2D eigenvalue weighted by atomic mass is 16.5. The van der Waals surface area contributed by atoms with Gasteiger partial charge in [0.25, 0.3) is 5.91 Å². The van der Waals surface area contributed by atoms with E-state index in [0.717, 1.165) is 70.7 Å². The highest BCUT2D eigenvalue weighted by molar-refractivity contribution is 5.87. The van der Waals surface area contributed by atoms with Crippen molar-refractivity contribution < 1.29 is 19.1 Å². The van der Waals surface area contributed by atoms with Gasteiger partial charge in [-0.2, -0.15) is 0 Å². The van der Waals surface area contributed by atoms with E-state index in [2.05, 4.69) is 32.1 Å². The zero-order valence-corrected chi connectivity index (χ0v) is 34.0. The lowest BCUT2D eigenvalue weighted by Gasteiger charge is -2.31. The minimum absolute atomic E-state index is 0.0892. The molecule has 2 aliphatic heterocycles. The molecule has 2 aliphatic rings. The number of carbonyl (C=O) groups is 3. The van der Waals surface area contributed by atoms with Gasteiger partial charge in [-0.25, -0.2) is 14.8 Å². The van der Waals surface area contributed by atoms with Gasteiger partial charge in [0, 0.05) is 24.2 Å². The lowest BCUT2D eigenvalue weighted by molar-refractivity contribution is -0.137. The molecule has 12 heteroatoms. The highest BCUT2D eigenvalue weighted by Gasteiger charge is 2.38. The first-order valence-electron chi connectivity index (χ1n) is 20.3. The summed E-state index contributed by atoms with van der Waals surface area (Å²) in [6.07, 6.45) is 6.34. The van der Waals surface area contributed by atoms with Crippen LogP contribution in [0, 0.1) is 11.8 Å². The average Bonchev–Trinajstić information content (AvgIpc) is 4.13. The summed E-state index contributed by atoms with van der Waals surface area (Å²) in [5, 5.41) is 2.71. The average molecular weight is 801 g/mol. The fraction of sp³-hybridized carbons (Fsp3) is 0.271. The topological polar surface area (TPSA) is 140 Å². The van der Waals surface area contributed by atoms with Gasteiger partial charge < -0.3 is 29.8 Å². The monoisotopic (exact) mass is 800 g/mol. The standard InChI is InChI=1S/C48H48N8O4/c1-54(2)43(37-14-8-5-9-15-37)47(58)56-29-11-17-41(56)45-50-31-39(52-45)35-26-22-33(23-27-35)19-18-32-20-24-34(25-21-32)38-30-49-44(51-38)40-16-10-28-55(40)46(57)42(53-48(59)60-3)36-12-6-4-7-13-36/h4-9,12-15,20-27,30-31,40-43H,10-11,16-17,28-29H2,1-3H3,(H,49,51)(H,50,52)(H,53,59)/t40?,41?,42-,43-/m1/s1. The number of methoxy groups -OCH3 is 1. The molecule has 8 rings (SSSR count). The van der Waals surface area contributed by atoms with E-state index in [-0.39, 0.29) is 29.9 Å². The van der Waals surface area contributed by atoms with Crippen molar-refractivity contribution in [3.63, 3.8) is 0 Å². The van der Waals surface area contributed by atoms with E-state index < -0.39 is 12.1 Å². The van der Waals surface area contributed by atoms with Crippen LogP contribution in [0.4, 0.5) is 4.79 Å². The molecule has 304 valence electrons. The number of amides is 3. The van der Waals surface area contributed by atoms with Crippen molar-refractivity contribution in [1.82, 2.24) is 40.0 Å². The number of imidazole rings is 2. The number of hydrogen-bond acceptors (Lipinski definition) is 7. The molecule has 6 aromatic rings. The number of likely N-dealkylation sites (N-methyl/N-ethyl adjacent to an activating group) is 1. The molecule has 2 saturated heterocycles. The second-order valence-corrected chi connectivity index (χ2v) is 15.4. The number of aromatic nitrogens is 4. The summed E-state index contributed by atoms with van der Waals surface area (Å²) in [6.45, 7) is 1.26. The van der Waals surface area contributed by atoms with Crippen molar-refractivity contribution in [2.45, 2.75) is 49.9 Å². The van der Waals surface area contributed by atoms with Crippen molar-refractivity contribution in [1.29, 1.82) is 0 Å². The van der Waals surface area contributed by atoms with Crippen LogP contribution in [-0.4, -0.2) is 86.8 Å². The maximum atomic E-state index is 13.9. The molecule has 0 aliphatic carbocycles. The van der Waals surface area contributed by atoms with Crippen molar-refractivity contribution in [2.24, 2.45) is 0 Å². The van der Waals surface area contributed by atoms with Crippen LogP contribution in [0.2, 0.25) is 0 Å². The summed E-state index contributed by atoms with van der Waals surface area (Å²) < 4.78 is 4.82. The smallest absolute Gasteiger partial charge is 0.407 e. The molecular formula is C48H48N8O4. The maximum absolute atomic E-state index is 13.9. The maximum Gasteiger partial charge on any atom is 0.407 e. The van der Waals surface area contributed by atoms with E-state index in [1.807, 2.05) is 139 Å². The number of nitrogens with zero attached hydrogens (tertiary/aromatic N) is 5. The number of alkyl carbamates (subject to hydrolysis) is 1. The van der Waals surface area contributed by atoms with Crippen LogP contribution >= 0.6 is 0 Å². The number of likely N-dealkylation sites (tertiary alicyclic amines) is 2. The third kappa shape index (κ3) is 8.58. The Bertz CT molecular complexity index is 2490. The number of ether oxygens (including phenoxy) is 1. The molecule has 3 amide bonds. The molecule has 0 radical (unpaired) electrons. The van der Waals surface area contributed by atoms with Crippen LogP contribution in [0.3, 0.4) is 0 Å². The van der Waals surface area contributed by atoms with Crippen LogP contribution in [0.5, 0.6) is 0 Å². The lowest BCUT2D eigenvalue weighted by Crippen LogP contribution is -2.42. The van der Waals surface area contributed by atoms with E-state index in [4.69, 9.17) is 9.72 Å². The molecule has 0 spiro atoms. The molecule has 3 N–H and O–H groups in total. The van der Waals surface area contributed by atoms with Crippen LogP contribution in [0.15, 0.2) is 122 Å². The Balaban J connectivity index is 0.902. The predicted octanol–water partition coefficient (Wildman–Crippen LogP) is 7.59. The van der Waals surface area contributed by atoms with Gasteiger partial charge in [0.1, 0.15) is 23.7 Å². The van der Waals surface area contributed by atoms with Crippen LogP contribution in [0.1, 0.15) is 83.8 Å². The Kier molecular flexibility index (Phi) is 11.9. The zero-order valence-electron chi connectivity index (χ0n) is 34.0. The quantitative estimate of drug-likeness (QED) is 0.121. The summed E-state index contributed by atoms with van der Waals surface area (Å²) in [6, 6.07) is 33.6. The van der Waals surface area contributed by atoms with Gasteiger partial charge in [-0.3, -0.25) is 14.5 Å². The third-order valence-electron chi connectivity index (χ3n) is 11.3. The number of hydrogen-bond donors (Lipinski definition) is 3. The summed E-state index contributed by atoms with van der Waals surface area (Å²) in [4.78, 5) is 62.1. The molecule has 4 heterocycles. The number of nitrogens with one attached hydrogen (secondary N) is 3. The first-order valence-corrected chi connectivity index (χ1v) is 20.3. The van der Waals surface area contributed by atoms with Crippen LogP contribution < -0.4 is 5.32 Å². The van der Waals surface area contributed by atoms with Gasteiger partial charge in [-0.05, 0) is 86.3 Å². The number of aromatic amines is 2. The van der Waals surface area contributed by atoms with Gasteiger partial charge in [0.15, 0.2) is 0 Å². The van der Waals surface area contributed by atoms with E-state index in [0.29, 0.717) is 24.5 Å². The second kappa shape index (κ2) is 17.9. The van der Waals surface area contributed by atoms with E-state index >= 15 is 0 Å². The fourth-order valence-corrected chi connectivity index (χ4v) is 8.28. The largest absolute Gasteiger partial charge is 0.453 e. The predicted molar refractivity (Wildman–Crippen MR) is 229 cm³/mol. The van der Waals surface area contributed by atoms with Gasteiger partial charge in [-0.15, -0.1) is 0 Å². The Morgan fingerprint density at radius 1 is 0.683 bits per heavy atom. The molecule has 4 aromatic carbocycles. The second-order valence-electron chi connectivity index (χ2n) is 15.4. The van der Waals surface area contributed by atoms with Crippen LogP contribution in [0.25, 0.3) is 22.5 Å². The van der Waals surface area contributed by atoms with Gasteiger partial charge in [-0.1, -0.05) is 96.8 Å². The molecule has 0 saturated carbocycles. The van der Waals surface area contributed by atoms with Gasteiger partial charge >= 0.3 is 6.09 Å². The molecule has 12 nitrogen and oxygen atoms in total. The summed E-state index contributed by atoms with van der Waals surface area (Å²) in [7, 11) is 5.18. The number of carbonyl (C=O) groups excluding carboxylic acids is 3. The van der Waals surface area contributed by atoms with Crippen molar-refractivity contribution in [3.05, 3.63) is 155 Å². The first kappa shape index (κ1) is 39.8. The Labute approximate surface area is 350 Å². The summed E-state index contributed by atoms with van der Waals surface area (Å²) >= 11 is 0. The fourth-order valence-electron chi connectivity index (χ4n) is 8.28. The number of H-pyrrole nitrogens is 2. The summed E-state index contributed by atoms with van der Waals surface area (Å²) in [5.41, 5.74) is 7.10. The molecular weight excluding hydrogens is 753 g/mol. The normalized spacial score (nSPS) is 17.2. The van der Waals surface area contributed by atoms with Crippen molar-refractivity contribution in [2.75, 3.05) is 34.3 Å². The third-order valence-corrected chi connectivity index (χ3v) is 11.3. The number of rotatable bonds is 10. The Morgan fingerprint density at radius 3 is 1.62 bits per heavy atom. The van der Waals surface area contributed by atoms with Crippen molar-refractivity contribution in [3.8, 4) is 34.4 Å². The highest BCUT2D eigenvalue weighted by Crippen LogP contribution is 2.36. The lowest BCUT2D eigenvalue weighted by atomic mass is 10.0. The molecule has 60 heavy (non-hydrogen) atoms. The summed E-state index contributed by atoms with van der Waals surface area (Å²) in [5.74, 6) is 7.94. The van der Waals surface area contributed by atoms with Gasteiger partial charge in [0.2, 0.25) is 5.91 Å². The molecule has 2 fully saturated rings. The molecule has 2 unspecified atom stereocenters. The zero-order chi connectivity index (χ0) is 41.6. The number of benzene rings is 4. The molecule has 4 atom stereocenters. The van der Waals surface area contributed by atoms with E-state index in [9.17, 15) is 14.4 Å². The molecule has 0 bridgehead atoms. The first-order chi connectivity index (χ1) is 29.3. The Morgan fingerprint density at radius 2 is 1.15 bits per heavy atom.